The van der Waals surface area contributed by atoms with Gasteiger partial charge in [0.2, 0.25) is 0 Å². The molecule has 1 N–H and O–H groups in total. The van der Waals surface area contributed by atoms with E-state index in [4.69, 9.17) is 9.72 Å². The molecule has 0 bridgehead atoms. The number of aromatic nitrogens is 2. The van der Waals surface area contributed by atoms with Crippen LogP contribution in [0.3, 0.4) is 0 Å². The van der Waals surface area contributed by atoms with Gasteiger partial charge in [0.25, 0.3) is 11.5 Å². The predicted molar refractivity (Wildman–Crippen MR) is 142 cm³/mol. The Morgan fingerprint density at radius 1 is 1.19 bits per heavy atom. The Kier molecular flexibility index (Phi) is 7.90. The number of para-hydroxylation sites is 1. The van der Waals surface area contributed by atoms with Crippen molar-refractivity contribution in [3.63, 3.8) is 0 Å². The number of rotatable bonds is 8. The second-order valence-electron chi connectivity index (χ2n) is 8.19. The van der Waals surface area contributed by atoms with Gasteiger partial charge in [-0.05, 0) is 54.4 Å². The van der Waals surface area contributed by atoms with Crippen molar-refractivity contribution in [1.29, 1.82) is 0 Å². The standard InChI is InChI=1S/C27H24BrFN4O3/c1-3-17(2)26-32-23-12-11-19(28)14-21(23)27(35)33(26)30-15-18-7-6-8-20(13-18)36-16-25(34)31-24-10-5-4-9-22(24)29/h4-15,17H,3,16H2,1-2H3,(H,31,34)/t17-/m0/s1. The number of carbonyl (C=O) groups excluding carboxylic acids is 1. The van der Waals surface area contributed by atoms with E-state index in [1.165, 1.54) is 16.8 Å². The Balaban J connectivity index is 1.55. The molecule has 3 aromatic carbocycles. The van der Waals surface area contributed by atoms with E-state index >= 15 is 0 Å². The summed E-state index contributed by atoms with van der Waals surface area (Å²) in [4.78, 5) is 30.1. The van der Waals surface area contributed by atoms with E-state index in [0.717, 1.165) is 10.9 Å². The van der Waals surface area contributed by atoms with Gasteiger partial charge < -0.3 is 10.1 Å². The lowest BCUT2D eigenvalue weighted by atomic mass is 10.1. The van der Waals surface area contributed by atoms with Gasteiger partial charge in [0.15, 0.2) is 6.61 Å². The number of hydrogen-bond acceptors (Lipinski definition) is 5. The zero-order valence-electron chi connectivity index (χ0n) is 19.7. The third-order valence-corrected chi connectivity index (χ3v) is 6.08. The van der Waals surface area contributed by atoms with Crippen LogP contribution in [0.5, 0.6) is 5.75 Å². The van der Waals surface area contributed by atoms with E-state index in [1.54, 1.807) is 48.7 Å². The summed E-state index contributed by atoms with van der Waals surface area (Å²) in [6.45, 7) is 3.73. The molecule has 0 spiro atoms. The summed E-state index contributed by atoms with van der Waals surface area (Å²) in [5.74, 6) is 0.0120. The van der Waals surface area contributed by atoms with Gasteiger partial charge in [-0.15, -0.1) is 0 Å². The number of benzene rings is 3. The number of halogens is 2. The van der Waals surface area contributed by atoms with Gasteiger partial charge in [-0.1, -0.05) is 54.0 Å². The van der Waals surface area contributed by atoms with Crippen molar-refractivity contribution in [2.75, 3.05) is 11.9 Å². The largest absolute Gasteiger partial charge is 0.484 e. The van der Waals surface area contributed by atoms with E-state index in [-0.39, 0.29) is 23.8 Å². The second-order valence-corrected chi connectivity index (χ2v) is 9.11. The zero-order chi connectivity index (χ0) is 25.7. The molecule has 7 nitrogen and oxygen atoms in total. The quantitative estimate of drug-likeness (QED) is 0.284. The third-order valence-electron chi connectivity index (χ3n) is 5.58. The summed E-state index contributed by atoms with van der Waals surface area (Å²) in [5.41, 5.74) is 1.11. The molecule has 0 aliphatic carbocycles. The molecule has 4 rings (SSSR count). The van der Waals surface area contributed by atoms with Crippen LogP contribution in [0.15, 0.2) is 81.1 Å². The first-order valence-corrected chi connectivity index (χ1v) is 12.2. The summed E-state index contributed by atoms with van der Waals surface area (Å²) in [7, 11) is 0. The lowest BCUT2D eigenvalue weighted by Crippen LogP contribution is -2.23. The molecule has 0 unspecified atom stereocenters. The first-order chi connectivity index (χ1) is 17.4. The predicted octanol–water partition coefficient (Wildman–Crippen LogP) is 5.71. The van der Waals surface area contributed by atoms with Crippen LogP contribution >= 0.6 is 15.9 Å². The highest BCUT2D eigenvalue weighted by Crippen LogP contribution is 2.21. The lowest BCUT2D eigenvalue weighted by molar-refractivity contribution is -0.118. The van der Waals surface area contributed by atoms with Crippen LogP contribution in [-0.2, 0) is 4.79 Å². The molecular weight excluding hydrogens is 527 g/mol. The fraction of sp³-hybridized carbons (Fsp3) is 0.185. The monoisotopic (exact) mass is 550 g/mol. The molecule has 1 heterocycles. The molecule has 0 saturated heterocycles. The van der Waals surface area contributed by atoms with E-state index in [2.05, 4.69) is 26.3 Å². The van der Waals surface area contributed by atoms with Crippen molar-refractivity contribution in [1.82, 2.24) is 9.66 Å². The molecule has 0 aliphatic rings. The number of anilines is 1. The van der Waals surface area contributed by atoms with E-state index in [0.29, 0.717) is 28.0 Å². The van der Waals surface area contributed by atoms with Crippen molar-refractivity contribution >= 4 is 44.6 Å². The van der Waals surface area contributed by atoms with Gasteiger partial charge in [0.1, 0.15) is 17.4 Å². The number of amides is 1. The Labute approximate surface area is 215 Å². The van der Waals surface area contributed by atoms with Crippen LogP contribution in [0.1, 0.15) is 37.6 Å². The summed E-state index contributed by atoms with van der Waals surface area (Å²) in [6.07, 6.45) is 2.34. The minimum absolute atomic E-state index is 0.0190. The number of nitrogens with one attached hydrogen (secondary N) is 1. The molecule has 1 atom stereocenters. The molecule has 0 radical (unpaired) electrons. The Bertz CT molecular complexity index is 1500. The Hall–Kier alpha value is -3.85. The molecule has 1 aromatic heterocycles. The number of ether oxygens (including phenoxy) is 1. The van der Waals surface area contributed by atoms with E-state index in [1.807, 2.05) is 26.0 Å². The van der Waals surface area contributed by atoms with Crippen molar-refractivity contribution in [3.8, 4) is 5.75 Å². The van der Waals surface area contributed by atoms with Crippen LogP contribution in [0.2, 0.25) is 0 Å². The van der Waals surface area contributed by atoms with Gasteiger partial charge in [-0.3, -0.25) is 9.59 Å². The average molecular weight is 551 g/mol. The molecule has 36 heavy (non-hydrogen) atoms. The van der Waals surface area contributed by atoms with Crippen molar-refractivity contribution in [3.05, 3.63) is 98.8 Å². The Morgan fingerprint density at radius 2 is 2.00 bits per heavy atom. The van der Waals surface area contributed by atoms with Gasteiger partial charge in [0, 0.05) is 10.4 Å². The first-order valence-electron chi connectivity index (χ1n) is 11.4. The van der Waals surface area contributed by atoms with Crippen LogP contribution in [0, 0.1) is 5.82 Å². The fourth-order valence-corrected chi connectivity index (χ4v) is 3.85. The second kappa shape index (κ2) is 11.3. The maximum absolute atomic E-state index is 13.7. The summed E-state index contributed by atoms with van der Waals surface area (Å²) < 4.78 is 21.4. The van der Waals surface area contributed by atoms with Gasteiger partial charge in [0.05, 0.1) is 22.8 Å². The number of fused-ring (bicyclic) bond motifs is 1. The highest BCUT2D eigenvalue weighted by atomic mass is 79.9. The minimum atomic E-state index is -0.522. The topological polar surface area (TPSA) is 85.6 Å². The van der Waals surface area contributed by atoms with Crippen LogP contribution < -0.4 is 15.6 Å². The number of hydrogen-bond donors (Lipinski definition) is 1. The van der Waals surface area contributed by atoms with Crippen molar-refractivity contribution in [2.45, 2.75) is 26.2 Å². The maximum Gasteiger partial charge on any atom is 0.282 e. The molecule has 9 heteroatoms. The summed E-state index contributed by atoms with van der Waals surface area (Å²) >= 11 is 3.41. The van der Waals surface area contributed by atoms with Crippen LogP contribution in [0.25, 0.3) is 10.9 Å². The summed E-state index contributed by atoms with van der Waals surface area (Å²) in [5, 5.41) is 7.39. The SMILES string of the molecule is CC[C@H](C)c1nc2ccc(Br)cc2c(=O)n1N=Cc1cccc(OCC(=O)Nc2ccccc2F)c1. The summed E-state index contributed by atoms with van der Waals surface area (Å²) in [6, 6.07) is 18.2. The molecule has 0 aliphatic heterocycles. The highest BCUT2D eigenvalue weighted by Gasteiger charge is 2.15. The fourth-order valence-electron chi connectivity index (χ4n) is 3.49. The van der Waals surface area contributed by atoms with E-state index in [9.17, 15) is 14.0 Å². The van der Waals surface area contributed by atoms with Gasteiger partial charge in [-0.2, -0.15) is 9.78 Å². The molecule has 4 aromatic rings. The molecule has 0 fully saturated rings. The minimum Gasteiger partial charge on any atom is -0.484 e. The molecular formula is C27H24BrFN4O3. The van der Waals surface area contributed by atoms with Crippen LogP contribution in [0.4, 0.5) is 10.1 Å². The third kappa shape index (κ3) is 5.85. The lowest BCUT2D eigenvalue weighted by Gasteiger charge is -2.14. The highest BCUT2D eigenvalue weighted by molar-refractivity contribution is 9.10. The molecule has 0 saturated carbocycles. The molecule has 184 valence electrons. The number of carbonyl (C=O) groups is 1. The van der Waals surface area contributed by atoms with Gasteiger partial charge in [-0.25, -0.2) is 9.37 Å². The average Bonchev–Trinajstić information content (AvgIpc) is 2.88. The maximum atomic E-state index is 13.7. The normalized spacial score (nSPS) is 12.1. The zero-order valence-corrected chi connectivity index (χ0v) is 21.3. The first kappa shape index (κ1) is 25.2. The Morgan fingerprint density at radius 3 is 2.78 bits per heavy atom. The van der Waals surface area contributed by atoms with Crippen LogP contribution in [-0.4, -0.2) is 28.4 Å². The van der Waals surface area contributed by atoms with E-state index < -0.39 is 11.7 Å². The number of nitrogens with zero attached hydrogens (tertiary/aromatic N) is 3. The van der Waals surface area contributed by atoms with Crippen molar-refractivity contribution in [2.24, 2.45) is 5.10 Å². The molecule has 1 amide bonds. The van der Waals surface area contributed by atoms with Crippen molar-refractivity contribution < 1.29 is 13.9 Å². The smallest absolute Gasteiger partial charge is 0.282 e. The van der Waals surface area contributed by atoms with Gasteiger partial charge >= 0.3 is 0 Å².